The lowest BCUT2D eigenvalue weighted by Crippen LogP contribution is -2.52. The van der Waals surface area contributed by atoms with Crippen LogP contribution < -0.4 is 0 Å². The quantitative estimate of drug-likeness (QED) is 0.313. The van der Waals surface area contributed by atoms with Crippen molar-refractivity contribution in [3.63, 3.8) is 0 Å². The number of carbonyl (C=O) groups is 4. The highest BCUT2D eigenvalue weighted by Gasteiger charge is 2.60. The Morgan fingerprint density at radius 3 is 1.06 bits per heavy atom. The van der Waals surface area contributed by atoms with Crippen molar-refractivity contribution in [2.45, 2.75) is 24.4 Å². The van der Waals surface area contributed by atoms with Gasteiger partial charge in [-0.15, -0.1) is 0 Å². The van der Waals surface area contributed by atoms with Crippen LogP contribution in [0.3, 0.4) is 0 Å². The largest absolute Gasteiger partial charge is 0.457 e. The maximum Gasteiger partial charge on any atom is 0.313 e. The SMILES string of the molecule is O=C1OC2C=CC3C(=O)OC4C=CC1[C@@H]4[C@H]23.O=C1OC2C=CC3OC(=O)C4C=CC1C4C23. The van der Waals surface area contributed by atoms with E-state index in [2.05, 4.69) is 0 Å². The molecule has 8 rings (SSSR count). The highest BCUT2D eigenvalue weighted by molar-refractivity contribution is 5.84. The van der Waals surface area contributed by atoms with Crippen LogP contribution in [0.4, 0.5) is 0 Å². The standard InChI is InChI=1S/2C12H10O4/c13-11-5-1-3-7-9(5)10-6(12(14)15-7)2-4-8(10)16-11;13-11-5-1-2-6-9(5)10-7(15-11)3-4-8(10)16-12(6)14/h2*1-10H/t5?,6?,7?,8?,9-,10-;/m0./s1. The van der Waals surface area contributed by atoms with Crippen LogP contribution >= 0.6 is 0 Å². The van der Waals surface area contributed by atoms with Crippen LogP contribution in [-0.4, -0.2) is 48.3 Å². The molecule has 0 amide bonds. The number of carbonyl (C=O) groups excluding carboxylic acids is 4. The molecule has 0 bridgehead atoms. The average molecular weight is 436 g/mol. The molecule has 4 saturated heterocycles. The first-order valence-electron chi connectivity index (χ1n) is 11.1. The lowest BCUT2D eigenvalue weighted by molar-refractivity contribution is -0.188. The molecule has 32 heavy (non-hydrogen) atoms. The molecular formula is C24H20O8. The Kier molecular flexibility index (Phi) is 3.57. The van der Waals surface area contributed by atoms with Gasteiger partial charge < -0.3 is 18.9 Å². The summed E-state index contributed by atoms with van der Waals surface area (Å²) in [6.07, 6.45) is 13.7. The molecule has 8 heteroatoms. The maximum atomic E-state index is 11.7. The summed E-state index contributed by atoms with van der Waals surface area (Å²) in [6, 6.07) is 0. The molecule has 0 N–H and O–H groups in total. The number of hydrogen-bond donors (Lipinski definition) is 0. The Bertz CT molecular complexity index is 988. The maximum absolute atomic E-state index is 11.7. The van der Waals surface area contributed by atoms with Crippen molar-refractivity contribution in [1.29, 1.82) is 0 Å². The second-order valence-electron chi connectivity index (χ2n) is 9.56. The van der Waals surface area contributed by atoms with Crippen LogP contribution in [0.1, 0.15) is 0 Å². The number of rotatable bonds is 0. The van der Waals surface area contributed by atoms with Gasteiger partial charge in [0.05, 0.1) is 23.7 Å². The van der Waals surface area contributed by atoms with Crippen LogP contribution in [0.5, 0.6) is 0 Å². The third-order valence-electron chi connectivity index (χ3n) is 8.20. The fraction of sp³-hybridized carbons (Fsp3) is 0.500. The minimum absolute atomic E-state index is 0.0486. The predicted molar refractivity (Wildman–Crippen MR) is 104 cm³/mol. The van der Waals surface area contributed by atoms with Gasteiger partial charge in [0.25, 0.3) is 0 Å². The molecule has 8 unspecified atom stereocenters. The molecule has 0 aromatic rings. The molecule has 4 heterocycles. The average Bonchev–Trinajstić information content (AvgIpc) is 3.52. The molecule has 4 aliphatic carbocycles. The Morgan fingerprint density at radius 1 is 0.375 bits per heavy atom. The van der Waals surface area contributed by atoms with Crippen molar-refractivity contribution in [3.8, 4) is 0 Å². The summed E-state index contributed by atoms with van der Waals surface area (Å²) in [5.74, 6) is -1.37. The van der Waals surface area contributed by atoms with Crippen LogP contribution in [0.2, 0.25) is 0 Å². The summed E-state index contributed by atoms with van der Waals surface area (Å²) >= 11 is 0. The first kappa shape index (κ1) is 18.4. The van der Waals surface area contributed by atoms with E-state index in [9.17, 15) is 19.2 Å². The van der Waals surface area contributed by atoms with Gasteiger partial charge in [0, 0.05) is 23.7 Å². The third kappa shape index (κ3) is 2.27. The van der Waals surface area contributed by atoms with Crippen molar-refractivity contribution in [2.75, 3.05) is 0 Å². The van der Waals surface area contributed by atoms with Gasteiger partial charge >= 0.3 is 23.9 Å². The Labute approximate surface area is 182 Å². The van der Waals surface area contributed by atoms with Gasteiger partial charge in [0.15, 0.2) is 0 Å². The number of esters is 4. The molecule has 10 atom stereocenters. The van der Waals surface area contributed by atoms with Crippen molar-refractivity contribution in [3.05, 3.63) is 48.6 Å². The first-order chi connectivity index (χ1) is 15.5. The van der Waals surface area contributed by atoms with E-state index in [1.165, 1.54) is 0 Å². The van der Waals surface area contributed by atoms with Crippen LogP contribution in [-0.2, 0) is 38.1 Å². The molecule has 0 radical (unpaired) electrons. The van der Waals surface area contributed by atoms with Gasteiger partial charge in [-0.25, -0.2) is 0 Å². The van der Waals surface area contributed by atoms with E-state index in [0.29, 0.717) is 0 Å². The molecule has 0 saturated carbocycles. The lowest BCUT2D eigenvalue weighted by Gasteiger charge is -2.42. The van der Waals surface area contributed by atoms with Gasteiger partial charge in [0.2, 0.25) is 0 Å². The van der Waals surface area contributed by atoms with Crippen LogP contribution in [0.25, 0.3) is 0 Å². The van der Waals surface area contributed by atoms with E-state index >= 15 is 0 Å². The second-order valence-corrected chi connectivity index (χ2v) is 9.56. The lowest BCUT2D eigenvalue weighted by atomic mass is 9.71. The molecule has 0 aromatic heterocycles. The van der Waals surface area contributed by atoms with Gasteiger partial charge in [-0.1, -0.05) is 24.3 Å². The van der Waals surface area contributed by atoms with Crippen molar-refractivity contribution >= 4 is 23.9 Å². The van der Waals surface area contributed by atoms with Crippen molar-refractivity contribution < 1.29 is 38.1 Å². The monoisotopic (exact) mass is 436 g/mol. The highest BCUT2D eigenvalue weighted by Crippen LogP contribution is 2.52. The van der Waals surface area contributed by atoms with E-state index in [1.807, 2.05) is 36.5 Å². The molecule has 0 spiro atoms. The Morgan fingerprint density at radius 2 is 0.656 bits per heavy atom. The second kappa shape index (κ2) is 6.21. The molecule has 0 aromatic carbocycles. The fourth-order valence-electron chi connectivity index (χ4n) is 6.86. The normalized spacial score (nSPS) is 51.2. The van der Waals surface area contributed by atoms with E-state index in [0.717, 1.165) is 0 Å². The molecule has 4 aliphatic heterocycles. The summed E-state index contributed by atoms with van der Waals surface area (Å²) in [5, 5.41) is 0. The molecule has 164 valence electrons. The minimum Gasteiger partial charge on any atom is -0.457 e. The van der Waals surface area contributed by atoms with Crippen molar-refractivity contribution in [1.82, 2.24) is 0 Å². The Balaban J connectivity index is 0.000000113. The molecule has 8 aliphatic rings. The highest BCUT2D eigenvalue weighted by atomic mass is 16.6. The number of hydrogen-bond acceptors (Lipinski definition) is 8. The zero-order valence-electron chi connectivity index (χ0n) is 16.8. The fourth-order valence-corrected chi connectivity index (χ4v) is 6.86. The van der Waals surface area contributed by atoms with Gasteiger partial charge in [0.1, 0.15) is 24.4 Å². The summed E-state index contributed by atoms with van der Waals surface area (Å²) in [4.78, 5) is 46.9. The van der Waals surface area contributed by atoms with Gasteiger partial charge in [-0.3, -0.25) is 19.2 Å². The van der Waals surface area contributed by atoms with Crippen molar-refractivity contribution in [2.24, 2.45) is 47.3 Å². The van der Waals surface area contributed by atoms with Crippen LogP contribution in [0.15, 0.2) is 48.6 Å². The summed E-state index contributed by atoms with van der Waals surface area (Å²) in [7, 11) is 0. The predicted octanol–water partition coefficient (Wildman–Crippen LogP) is 0.883. The summed E-state index contributed by atoms with van der Waals surface area (Å²) in [5.41, 5.74) is 0. The molecular weight excluding hydrogens is 416 g/mol. The van der Waals surface area contributed by atoms with E-state index < -0.39 is 0 Å². The van der Waals surface area contributed by atoms with E-state index in [1.54, 1.807) is 12.2 Å². The molecule has 8 nitrogen and oxygen atoms in total. The first-order valence-corrected chi connectivity index (χ1v) is 11.1. The van der Waals surface area contributed by atoms with E-state index in [4.69, 9.17) is 18.9 Å². The third-order valence-corrected chi connectivity index (χ3v) is 8.20. The number of ether oxygens (including phenoxy) is 4. The Hall–Kier alpha value is -3.16. The molecule has 4 fully saturated rings. The smallest absolute Gasteiger partial charge is 0.313 e. The van der Waals surface area contributed by atoms with Gasteiger partial charge in [-0.2, -0.15) is 0 Å². The zero-order valence-corrected chi connectivity index (χ0v) is 16.8. The van der Waals surface area contributed by atoms with Crippen LogP contribution in [0, 0.1) is 47.3 Å². The summed E-state index contributed by atoms with van der Waals surface area (Å²) in [6.45, 7) is 0. The van der Waals surface area contributed by atoms with E-state index in [-0.39, 0.29) is 95.6 Å². The minimum atomic E-state index is -0.249. The zero-order chi connectivity index (χ0) is 21.7. The topological polar surface area (TPSA) is 105 Å². The summed E-state index contributed by atoms with van der Waals surface area (Å²) < 4.78 is 21.4. The van der Waals surface area contributed by atoms with Gasteiger partial charge in [-0.05, 0) is 24.3 Å².